The molecule has 0 radical (unpaired) electrons. The summed E-state index contributed by atoms with van der Waals surface area (Å²) in [6, 6.07) is 0. The van der Waals surface area contributed by atoms with Crippen molar-refractivity contribution in [2.45, 2.75) is 39.9 Å². The summed E-state index contributed by atoms with van der Waals surface area (Å²) in [7, 11) is 0. The van der Waals surface area contributed by atoms with Crippen LogP contribution in [0, 0.1) is 0 Å². The van der Waals surface area contributed by atoms with E-state index in [9.17, 15) is 0 Å². The molecule has 0 atom stereocenters. The van der Waals surface area contributed by atoms with Crippen LogP contribution >= 0.6 is 0 Å². The van der Waals surface area contributed by atoms with Gasteiger partial charge < -0.3 is 9.47 Å². The summed E-state index contributed by atoms with van der Waals surface area (Å²) in [5.41, 5.74) is 0. The van der Waals surface area contributed by atoms with Gasteiger partial charge in [0.25, 0.3) is 0 Å². The Labute approximate surface area is 87.6 Å². The van der Waals surface area contributed by atoms with Gasteiger partial charge in [-0.2, -0.15) is 0 Å². The molecule has 2 heteroatoms. The van der Waals surface area contributed by atoms with Crippen molar-refractivity contribution < 1.29 is 9.47 Å². The first kappa shape index (κ1) is 13.4. The van der Waals surface area contributed by atoms with Gasteiger partial charge in [-0.25, -0.2) is 0 Å². The van der Waals surface area contributed by atoms with Crippen LogP contribution in [0.2, 0.25) is 0 Å². The molecule has 0 amide bonds. The second-order valence-corrected chi connectivity index (χ2v) is 2.85. The molecule has 0 heterocycles. The Morgan fingerprint density at radius 3 is 2.14 bits per heavy atom. The number of hydrogen-bond donors (Lipinski definition) is 0. The standard InChI is InChI=1S/C12H22O2/c1-4-7-8-9-10-11-12(13-5-2)14-6-3/h4,7,9-10,12H,5-6,8,11H2,1-3H3/b7-4+,10-9+. The Hall–Kier alpha value is -0.600. The van der Waals surface area contributed by atoms with Gasteiger partial charge in [-0.15, -0.1) is 0 Å². The zero-order valence-corrected chi connectivity index (χ0v) is 9.53. The molecule has 0 spiro atoms. The molecule has 0 fully saturated rings. The van der Waals surface area contributed by atoms with Crippen LogP contribution < -0.4 is 0 Å². The van der Waals surface area contributed by atoms with Crippen molar-refractivity contribution in [3.8, 4) is 0 Å². The summed E-state index contributed by atoms with van der Waals surface area (Å²) in [6.07, 6.45) is 10.1. The first-order valence-corrected chi connectivity index (χ1v) is 5.34. The zero-order valence-electron chi connectivity index (χ0n) is 9.53. The van der Waals surface area contributed by atoms with Gasteiger partial charge in [0.1, 0.15) is 0 Å². The fraction of sp³-hybridized carbons (Fsp3) is 0.667. The Kier molecular flexibility index (Phi) is 10.0. The van der Waals surface area contributed by atoms with Crippen LogP contribution in [-0.2, 0) is 9.47 Å². The first-order valence-electron chi connectivity index (χ1n) is 5.34. The van der Waals surface area contributed by atoms with Gasteiger partial charge in [0, 0.05) is 19.6 Å². The average molecular weight is 198 g/mol. The third-order valence-corrected chi connectivity index (χ3v) is 1.71. The Balaban J connectivity index is 3.62. The Morgan fingerprint density at radius 2 is 1.64 bits per heavy atom. The minimum absolute atomic E-state index is 0.0770. The number of hydrogen-bond acceptors (Lipinski definition) is 2. The van der Waals surface area contributed by atoms with E-state index >= 15 is 0 Å². The fourth-order valence-corrected chi connectivity index (χ4v) is 1.07. The summed E-state index contributed by atoms with van der Waals surface area (Å²) in [5, 5.41) is 0. The first-order chi connectivity index (χ1) is 6.85. The summed E-state index contributed by atoms with van der Waals surface area (Å²) >= 11 is 0. The van der Waals surface area contributed by atoms with Crippen LogP contribution in [0.25, 0.3) is 0 Å². The van der Waals surface area contributed by atoms with E-state index in [2.05, 4.69) is 18.2 Å². The SMILES string of the molecule is C/C=C/C/C=C/CC(OCC)OCC. The van der Waals surface area contributed by atoms with Crippen LogP contribution in [0.15, 0.2) is 24.3 Å². The van der Waals surface area contributed by atoms with Crippen LogP contribution in [0.5, 0.6) is 0 Å². The highest BCUT2D eigenvalue weighted by Crippen LogP contribution is 2.02. The van der Waals surface area contributed by atoms with Crippen molar-refractivity contribution >= 4 is 0 Å². The van der Waals surface area contributed by atoms with Gasteiger partial charge in [-0.05, 0) is 27.2 Å². The van der Waals surface area contributed by atoms with Gasteiger partial charge in [0.15, 0.2) is 6.29 Å². The Bertz CT molecular complexity index is 156. The quantitative estimate of drug-likeness (QED) is 0.440. The van der Waals surface area contributed by atoms with Crippen molar-refractivity contribution in [1.82, 2.24) is 0 Å². The highest BCUT2D eigenvalue weighted by Gasteiger charge is 2.03. The normalized spacial score (nSPS) is 12.3. The summed E-state index contributed by atoms with van der Waals surface area (Å²) < 4.78 is 10.8. The summed E-state index contributed by atoms with van der Waals surface area (Å²) in [4.78, 5) is 0. The van der Waals surface area contributed by atoms with E-state index in [4.69, 9.17) is 9.47 Å². The lowest BCUT2D eigenvalue weighted by atomic mass is 10.3. The van der Waals surface area contributed by atoms with Crippen LogP contribution in [0.4, 0.5) is 0 Å². The van der Waals surface area contributed by atoms with Crippen molar-refractivity contribution in [2.75, 3.05) is 13.2 Å². The minimum Gasteiger partial charge on any atom is -0.353 e. The van der Waals surface area contributed by atoms with E-state index in [0.717, 1.165) is 12.8 Å². The van der Waals surface area contributed by atoms with E-state index in [1.165, 1.54) is 0 Å². The largest absolute Gasteiger partial charge is 0.353 e. The molecule has 0 unspecified atom stereocenters. The lowest BCUT2D eigenvalue weighted by Crippen LogP contribution is -2.16. The molecule has 0 rings (SSSR count). The lowest BCUT2D eigenvalue weighted by Gasteiger charge is -2.14. The smallest absolute Gasteiger partial charge is 0.160 e. The second-order valence-electron chi connectivity index (χ2n) is 2.85. The van der Waals surface area contributed by atoms with E-state index in [1.54, 1.807) is 0 Å². The zero-order chi connectivity index (χ0) is 10.6. The second kappa shape index (κ2) is 10.5. The van der Waals surface area contributed by atoms with Crippen molar-refractivity contribution in [3.05, 3.63) is 24.3 Å². The van der Waals surface area contributed by atoms with E-state index in [1.807, 2.05) is 26.8 Å². The molecule has 0 aromatic carbocycles. The van der Waals surface area contributed by atoms with Gasteiger partial charge in [-0.1, -0.05) is 24.3 Å². The molecule has 14 heavy (non-hydrogen) atoms. The molecule has 0 saturated heterocycles. The fourth-order valence-electron chi connectivity index (χ4n) is 1.07. The predicted octanol–water partition coefficient (Wildman–Crippen LogP) is 3.30. The maximum atomic E-state index is 5.40. The molecule has 0 saturated carbocycles. The number of ether oxygens (including phenoxy) is 2. The summed E-state index contributed by atoms with van der Waals surface area (Å²) in [6.45, 7) is 7.39. The lowest BCUT2D eigenvalue weighted by molar-refractivity contribution is -0.133. The molecule has 0 aromatic rings. The van der Waals surface area contributed by atoms with Gasteiger partial charge in [0.2, 0.25) is 0 Å². The topological polar surface area (TPSA) is 18.5 Å². The van der Waals surface area contributed by atoms with E-state index < -0.39 is 0 Å². The van der Waals surface area contributed by atoms with Gasteiger partial charge in [0.05, 0.1) is 0 Å². The highest BCUT2D eigenvalue weighted by atomic mass is 16.7. The van der Waals surface area contributed by atoms with E-state index in [0.29, 0.717) is 13.2 Å². The molecule has 0 N–H and O–H groups in total. The third kappa shape index (κ3) is 8.02. The average Bonchev–Trinajstić information content (AvgIpc) is 2.18. The van der Waals surface area contributed by atoms with Crippen LogP contribution in [-0.4, -0.2) is 19.5 Å². The minimum atomic E-state index is -0.0770. The van der Waals surface area contributed by atoms with Crippen molar-refractivity contribution in [3.63, 3.8) is 0 Å². The summed E-state index contributed by atoms with van der Waals surface area (Å²) in [5.74, 6) is 0. The van der Waals surface area contributed by atoms with Crippen LogP contribution in [0.3, 0.4) is 0 Å². The molecule has 0 aliphatic heterocycles. The van der Waals surface area contributed by atoms with Gasteiger partial charge in [-0.3, -0.25) is 0 Å². The Morgan fingerprint density at radius 1 is 1.00 bits per heavy atom. The number of rotatable bonds is 8. The molecule has 0 aliphatic rings. The van der Waals surface area contributed by atoms with Crippen LogP contribution in [0.1, 0.15) is 33.6 Å². The maximum Gasteiger partial charge on any atom is 0.160 e. The molecule has 0 bridgehead atoms. The molecule has 0 aliphatic carbocycles. The van der Waals surface area contributed by atoms with Gasteiger partial charge >= 0.3 is 0 Å². The maximum absolute atomic E-state index is 5.40. The van der Waals surface area contributed by atoms with E-state index in [-0.39, 0.29) is 6.29 Å². The third-order valence-electron chi connectivity index (χ3n) is 1.71. The van der Waals surface area contributed by atoms with Crippen molar-refractivity contribution in [2.24, 2.45) is 0 Å². The molecular formula is C12H22O2. The highest BCUT2D eigenvalue weighted by molar-refractivity contribution is 4.91. The molecular weight excluding hydrogens is 176 g/mol. The number of allylic oxidation sites excluding steroid dienone is 3. The molecule has 0 aromatic heterocycles. The molecule has 82 valence electrons. The predicted molar refractivity (Wildman–Crippen MR) is 60.2 cm³/mol. The van der Waals surface area contributed by atoms with Crippen molar-refractivity contribution in [1.29, 1.82) is 0 Å². The monoisotopic (exact) mass is 198 g/mol. The molecule has 2 nitrogen and oxygen atoms in total.